The van der Waals surface area contributed by atoms with Crippen molar-refractivity contribution in [3.8, 4) is 34.4 Å². The molecule has 54 heavy (non-hydrogen) atoms. The number of aromatic nitrogens is 1. The zero-order chi connectivity index (χ0) is 37.6. The first-order chi connectivity index (χ1) is 26.3. The van der Waals surface area contributed by atoms with Crippen molar-refractivity contribution in [3.05, 3.63) is 105 Å². The van der Waals surface area contributed by atoms with Crippen LogP contribution in [0.1, 0.15) is 78.0 Å². The van der Waals surface area contributed by atoms with Crippen molar-refractivity contribution >= 4 is 17.6 Å². The summed E-state index contributed by atoms with van der Waals surface area (Å²) >= 11 is 6.95. The highest BCUT2D eigenvalue weighted by Crippen LogP contribution is 2.44. The van der Waals surface area contributed by atoms with Crippen LogP contribution in [0.2, 0.25) is 5.02 Å². The number of hydrogen-bond acceptors (Lipinski definition) is 9. The summed E-state index contributed by atoms with van der Waals surface area (Å²) in [4.78, 5) is 20.5. The number of β-amino-alcohol motifs (C(OH)–C–C–N with tert-alkyl or cyclic N) is 1. The first-order valence-corrected chi connectivity index (χ1v) is 19.3. The van der Waals surface area contributed by atoms with Crippen LogP contribution < -0.4 is 14.2 Å². The summed E-state index contributed by atoms with van der Waals surface area (Å²) in [6, 6.07) is 19.5. The van der Waals surface area contributed by atoms with Gasteiger partial charge in [-0.2, -0.15) is 5.26 Å². The topological polar surface area (TPSA) is 128 Å². The van der Waals surface area contributed by atoms with Crippen LogP contribution in [0, 0.1) is 18.3 Å². The van der Waals surface area contributed by atoms with Gasteiger partial charge in [0.15, 0.2) is 0 Å². The number of ether oxygens (including phenoxy) is 3. The molecule has 0 amide bonds. The van der Waals surface area contributed by atoms with Gasteiger partial charge in [-0.25, -0.2) is 0 Å². The summed E-state index contributed by atoms with van der Waals surface area (Å²) in [5, 5.41) is 29.6. The number of carbonyl (C=O) groups is 1. The van der Waals surface area contributed by atoms with E-state index >= 15 is 0 Å². The molecule has 3 aliphatic rings. The van der Waals surface area contributed by atoms with Gasteiger partial charge in [0.25, 0.3) is 0 Å². The molecule has 3 heterocycles. The Morgan fingerprint density at radius 2 is 1.85 bits per heavy atom. The van der Waals surface area contributed by atoms with Crippen molar-refractivity contribution < 1.29 is 29.2 Å². The van der Waals surface area contributed by atoms with Gasteiger partial charge in [0.05, 0.1) is 23.3 Å². The number of carboxylic acids is 1. The molecule has 2 unspecified atom stereocenters. The number of nitrogens with zero attached hydrogens (tertiary/aromatic N) is 4. The fraction of sp³-hybridized carbons (Fsp3) is 0.419. The van der Waals surface area contributed by atoms with Gasteiger partial charge in [0.2, 0.25) is 0 Å². The molecular weight excluding hydrogens is 704 g/mol. The highest BCUT2D eigenvalue weighted by molar-refractivity contribution is 6.32. The Balaban J connectivity index is 1.10. The number of fused-ring (bicyclic) bond motifs is 1. The number of halogens is 1. The van der Waals surface area contributed by atoms with Gasteiger partial charge < -0.3 is 29.3 Å². The third kappa shape index (κ3) is 8.66. The summed E-state index contributed by atoms with van der Waals surface area (Å²) in [6.45, 7) is 6.53. The van der Waals surface area contributed by atoms with Crippen molar-refractivity contribution in [3.63, 3.8) is 0 Å². The van der Waals surface area contributed by atoms with Crippen molar-refractivity contribution in [1.82, 2.24) is 14.8 Å². The van der Waals surface area contributed by atoms with E-state index in [1.165, 1.54) is 17.3 Å². The van der Waals surface area contributed by atoms with Gasteiger partial charge in [0, 0.05) is 55.8 Å². The Bertz CT molecular complexity index is 2020. The summed E-state index contributed by atoms with van der Waals surface area (Å²) in [5.74, 6) is 1.09. The second-order valence-electron chi connectivity index (χ2n) is 14.6. The van der Waals surface area contributed by atoms with E-state index in [-0.39, 0.29) is 18.8 Å². The van der Waals surface area contributed by atoms with Gasteiger partial charge in [-0.3, -0.25) is 14.7 Å². The molecule has 1 aliphatic carbocycles. The number of benzene rings is 3. The van der Waals surface area contributed by atoms with Gasteiger partial charge in [-0.05, 0) is 98.0 Å². The number of pyridine rings is 1. The third-order valence-corrected chi connectivity index (χ3v) is 11.2. The van der Waals surface area contributed by atoms with Crippen LogP contribution in [-0.4, -0.2) is 75.9 Å². The second kappa shape index (κ2) is 17.2. The fourth-order valence-electron chi connectivity index (χ4n) is 8.08. The van der Waals surface area contributed by atoms with Gasteiger partial charge in [-0.15, -0.1) is 0 Å². The van der Waals surface area contributed by atoms with Crippen molar-refractivity contribution in [2.45, 2.75) is 83.3 Å². The van der Waals surface area contributed by atoms with Crippen molar-refractivity contribution in [2.24, 2.45) is 0 Å². The molecule has 7 rings (SSSR count). The van der Waals surface area contributed by atoms with Crippen LogP contribution in [-0.2, 0) is 24.4 Å². The largest absolute Gasteiger partial charge is 0.493 e. The second-order valence-corrected chi connectivity index (χ2v) is 15.0. The maximum absolute atomic E-state index is 12.1. The molecule has 1 aromatic heterocycles. The normalized spacial score (nSPS) is 20.0. The molecule has 10 nitrogen and oxygen atoms in total. The number of nitriles is 1. The van der Waals surface area contributed by atoms with E-state index < -0.39 is 12.0 Å². The Kier molecular flexibility index (Phi) is 12.0. The lowest BCUT2D eigenvalue weighted by Crippen LogP contribution is -2.44. The summed E-state index contributed by atoms with van der Waals surface area (Å²) < 4.78 is 19.3. The lowest BCUT2D eigenvalue weighted by atomic mass is 9.93. The number of aliphatic hydroxyl groups excluding tert-OH is 1. The molecule has 0 bridgehead atoms. The van der Waals surface area contributed by atoms with Crippen LogP contribution in [0.3, 0.4) is 0 Å². The van der Waals surface area contributed by atoms with Crippen LogP contribution in [0.5, 0.6) is 17.2 Å². The molecule has 3 atom stereocenters. The molecule has 11 heteroatoms. The van der Waals surface area contributed by atoms with Crippen LogP contribution in [0.25, 0.3) is 11.1 Å². The quantitative estimate of drug-likeness (QED) is 0.125. The van der Waals surface area contributed by atoms with Crippen LogP contribution >= 0.6 is 11.6 Å². The molecule has 282 valence electrons. The predicted octanol–water partition coefficient (Wildman–Crippen LogP) is 7.50. The predicted molar refractivity (Wildman–Crippen MR) is 206 cm³/mol. The Labute approximate surface area is 321 Å². The van der Waals surface area contributed by atoms with Gasteiger partial charge >= 0.3 is 5.97 Å². The van der Waals surface area contributed by atoms with Crippen LogP contribution in [0.15, 0.2) is 67.0 Å². The summed E-state index contributed by atoms with van der Waals surface area (Å²) in [7, 11) is 0. The van der Waals surface area contributed by atoms with Crippen LogP contribution in [0.4, 0.5) is 0 Å². The van der Waals surface area contributed by atoms with E-state index in [2.05, 4.69) is 53.2 Å². The first kappa shape index (κ1) is 37.6. The fourth-order valence-corrected chi connectivity index (χ4v) is 8.31. The number of rotatable bonds is 14. The Morgan fingerprint density at radius 1 is 1.00 bits per heavy atom. The smallest absolute Gasteiger partial charge is 0.320 e. The highest BCUT2D eigenvalue weighted by Gasteiger charge is 2.31. The third-order valence-electron chi connectivity index (χ3n) is 10.9. The average Bonchev–Trinajstić information content (AvgIpc) is 3.80. The Hall–Kier alpha value is -4.66. The minimum Gasteiger partial charge on any atom is -0.493 e. The molecular formula is C43H47ClN4O6. The standard InChI is InChI=1S/C43H47ClN4O6/c1-28-33(7-5-11-39(28)52-18-6-15-47-17-14-32(49)26-47)34-8-4-9-36-35(34)12-13-40(36)54-42-21-41(53-27-30-19-29(22-45)23-46-24-30)31(20-37(42)44)25-48-16-3-2-10-38(48)43(50)51/h4-5,7-9,11,19-21,23-24,32,38,40,49H,2-3,6,10,12-18,25-27H2,1H3,(H,50,51)/t32?,38-,40?/m0/s1. The number of hydrogen-bond donors (Lipinski definition) is 2. The monoisotopic (exact) mass is 750 g/mol. The maximum Gasteiger partial charge on any atom is 0.320 e. The molecule has 2 saturated heterocycles. The van der Waals surface area contributed by atoms with E-state index in [1.54, 1.807) is 12.3 Å². The molecule has 2 aliphatic heterocycles. The highest BCUT2D eigenvalue weighted by atomic mass is 35.5. The van der Waals surface area contributed by atoms with Crippen molar-refractivity contribution in [2.75, 3.05) is 32.8 Å². The molecule has 2 fully saturated rings. The zero-order valence-corrected chi connectivity index (χ0v) is 31.4. The van der Waals surface area contributed by atoms with Crippen molar-refractivity contribution in [1.29, 1.82) is 5.26 Å². The molecule has 0 saturated carbocycles. The number of aliphatic hydroxyl groups is 1. The molecule has 2 N–H and O–H groups in total. The SMILES string of the molecule is Cc1c(OCCCN2CCC(O)C2)cccc1-c1cccc2c1CCC2Oc1cc(OCc2cncc(C#N)c2)c(CN2CCCC[C@H]2C(=O)O)cc1Cl. The zero-order valence-electron chi connectivity index (χ0n) is 30.7. The minimum atomic E-state index is -0.827. The molecule has 0 spiro atoms. The lowest BCUT2D eigenvalue weighted by molar-refractivity contribution is -0.144. The molecule has 3 aromatic carbocycles. The summed E-state index contributed by atoms with van der Waals surface area (Å²) in [5.41, 5.74) is 7.72. The van der Waals surface area contributed by atoms with E-state index in [4.69, 9.17) is 25.8 Å². The van der Waals surface area contributed by atoms with E-state index in [0.29, 0.717) is 48.2 Å². The first-order valence-electron chi connectivity index (χ1n) is 18.9. The molecule has 0 radical (unpaired) electrons. The number of likely N-dealkylation sites (tertiary alicyclic amines) is 2. The average molecular weight is 751 g/mol. The summed E-state index contributed by atoms with van der Waals surface area (Å²) in [6.07, 6.45) is 8.50. The number of piperidine rings is 1. The van der Waals surface area contributed by atoms with E-state index in [1.807, 2.05) is 23.1 Å². The number of carboxylic acid groups (broad SMARTS) is 1. The maximum atomic E-state index is 12.1. The van der Waals surface area contributed by atoms with E-state index in [0.717, 1.165) is 91.7 Å². The Morgan fingerprint density at radius 3 is 2.67 bits per heavy atom. The lowest BCUT2D eigenvalue weighted by Gasteiger charge is -2.33. The van der Waals surface area contributed by atoms with E-state index in [9.17, 15) is 20.3 Å². The van der Waals surface area contributed by atoms with Gasteiger partial charge in [-0.1, -0.05) is 48.4 Å². The van der Waals surface area contributed by atoms with Gasteiger partial charge in [0.1, 0.15) is 42.1 Å². The minimum absolute atomic E-state index is 0.166. The molecule has 4 aromatic rings. The number of aliphatic carboxylic acids is 1.